The molecule has 0 heterocycles. The molecule has 3 aromatic rings. The van der Waals surface area contributed by atoms with Crippen molar-refractivity contribution in [1.82, 2.24) is 0 Å². The lowest BCUT2D eigenvalue weighted by Gasteiger charge is -2.14. The Morgan fingerprint density at radius 1 is 1.00 bits per heavy atom. The first kappa shape index (κ1) is 19.2. The van der Waals surface area contributed by atoms with E-state index in [9.17, 15) is 9.59 Å². The fraction of sp³-hybridized carbons (Fsp3) is 0.130. The summed E-state index contributed by atoms with van der Waals surface area (Å²) in [6.07, 6.45) is 1.97. The van der Waals surface area contributed by atoms with Crippen LogP contribution in [0.4, 0.5) is 5.69 Å². The minimum atomic E-state index is -0.929. The van der Waals surface area contributed by atoms with Crippen LogP contribution in [0.5, 0.6) is 5.75 Å². The van der Waals surface area contributed by atoms with Crippen LogP contribution in [-0.2, 0) is 14.3 Å². The maximum Gasteiger partial charge on any atom is 0.331 e. The molecule has 0 aliphatic rings. The summed E-state index contributed by atoms with van der Waals surface area (Å²) in [7, 11) is 1.58. The zero-order valence-corrected chi connectivity index (χ0v) is 15.7. The average molecular weight is 375 g/mol. The van der Waals surface area contributed by atoms with Crippen molar-refractivity contribution in [3.63, 3.8) is 0 Å². The number of esters is 1. The van der Waals surface area contributed by atoms with Crippen molar-refractivity contribution in [1.29, 1.82) is 0 Å². The van der Waals surface area contributed by atoms with E-state index in [1.54, 1.807) is 19.3 Å². The Morgan fingerprint density at radius 3 is 2.57 bits per heavy atom. The molecular weight excluding hydrogens is 354 g/mol. The maximum absolute atomic E-state index is 12.4. The number of carbonyl (C=O) groups excluding carboxylic acids is 2. The van der Waals surface area contributed by atoms with E-state index in [1.807, 2.05) is 60.7 Å². The fourth-order valence-corrected chi connectivity index (χ4v) is 2.75. The smallest absolute Gasteiger partial charge is 0.331 e. The first-order valence-corrected chi connectivity index (χ1v) is 8.88. The van der Waals surface area contributed by atoms with Gasteiger partial charge in [-0.1, -0.05) is 48.5 Å². The van der Waals surface area contributed by atoms with Gasteiger partial charge in [-0.25, -0.2) is 4.79 Å². The van der Waals surface area contributed by atoms with E-state index in [4.69, 9.17) is 9.47 Å². The zero-order chi connectivity index (χ0) is 19.9. The zero-order valence-electron chi connectivity index (χ0n) is 15.7. The van der Waals surface area contributed by atoms with Gasteiger partial charge in [0.2, 0.25) is 0 Å². The van der Waals surface area contributed by atoms with Crippen LogP contribution in [-0.4, -0.2) is 25.1 Å². The third-order valence-electron chi connectivity index (χ3n) is 4.22. The van der Waals surface area contributed by atoms with E-state index in [2.05, 4.69) is 5.32 Å². The van der Waals surface area contributed by atoms with Crippen LogP contribution >= 0.6 is 0 Å². The van der Waals surface area contributed by atoms with E-state index >= 15 is 0 Å². The van der Waals surface area contributed by atoms with E-state index in [0.717, 1.165) is 16.3 Å². The van der Waals surface area contributed by atoms with Crippen molar-refractivity contribution in [3.8, 4) is 5.75 Å². The topological polar surface area (TPSA) is 64.6 Å². The molecule has 0 spiro atoms. The Morgan fingerprint density at radius 2 is 1.75 bits per heavy atom. The lowest BCUT2D eigenvalue weighted by atomic mass is 10.1. The number of hydrogen-bond donors (Lipinski definition) is 1. The molecule has 0 saturated carbocycles. The molecule has 0 radical (unpaired) electrons. The van der Waals surface area contributed by atoms with Crippen LogP contribution < -0.4 is 10.1 Å². The molecule has 1 unspecified atom stereocenters. The van der Waals surface area contributed by atoms with Crippen molar-refractivity contribution in [2.75, 3.05) is 12.4 Å². The highest BCUT2D eigenvalue weighted by molar-refractivity contribution is 6.04. The number of benzene rings is 3. The molecule has 5 nitrogen and oxygen atoms in total. The van der Waals surface area contributed by atoms with E-state index in [1.165, 1.54) is 13.0 Å². The Labute approximate surface area is 163 Å². The third-order valence-corrected chi connectivity index (χ3v) is 4.22. The predicted molar refractivity (Wildman–Crippen MR) is 110 cm³/mol. The summed E-state index contributed by atoms with van der Waals surface area (Å²) in [5.41, 5.74) is 1.47. The quantitative estimate of drug-likeness (QED) is 0.511. The number of rotatable bonds is 6. The molecule has 0 aromatic heterocycles. The highest BCUT2D eigenvalue weighted by atomic mass is 16.5. The molecule has 1 amide bonds. The van der Waals surface area contributed by atoms with Gasteiger partial charge in [0.05, 0.1) is 7.11 Å². The van der Waals surface area contributed by atoms with Gasteiger partial charge in [-0.05, 0) is 42.1 Å². The molecule has 3 aromatic carbocycles. The van der Waals surface area contributed by atoms with Crippen LogP contribution in [0.2, 0.25) is 0 Å². The molecule has 0 saturated heterocycles. The standard InChI is InChI=1S/C23H21NO4/c1-16(28-22(25)14-13-17-7-5-10-19(15-17)27-2)23(26)24-21-12-6-9-18-8-3-4-11-20(18)21/h3-16H,1-2H3,(H,24,26)/b14-13+. The number of nitrogens with one attached hydrogen (secondary N) is 1. The summed E-state index contributed by atoms with van der Waals surface area (Å²) in [6.45, 7) is 1.54. The van der Waals surface area contributed by atoms with Gasteiger partial charge in [0, 0.05) is 17.1 Å². The molecule has 28 heavy (non-hydrogen) atoms. The molecular formula is C23H21NO4. The lowest BCUT2D eigenvalue weighted by Crippen LogP contribution is -2.29. The SMILES string of the molecule is COc1cccc(/C=C/C(=O)OC(C)C(=O)Nc2cccc3ccccc23)c1. The van der Waals surface area contributed by atoms with Crippen LogP contribution in [0.3, 0.4) is 0 Å². The van der Waals surface area contributed by atoms with Crippen LogP contribution in [0.1, 0.15) is 12.5 Å². The Kier molecular flexibility index (Phi) is 6.07. The fourth-order valence-electron chi connectivity index (χ4n) is 2.75. The molecule has 3 rings (SSSR count). The number of ether oxygens (including phenoxy) is 2. The number of amides is 1. The van der Waals surface area contributed by atoms with Crippen molar-refractivity contribution in [2.45, 2.75) is 13.0 Å². The minimum absolute atomic E-state index is 0.389. The summed E-state index contributed by atoms with van der Waals surface area (Å²) in [6, 6.07) is 20.7. The van der Waals surface area contributed by atoms with Crippen molar-refractivity contribution >= 4 is 34.4 Å². The molecule has 0 bridgehead atoms. The van der Waals surface area contributed by atoms with Crippen LogP contribution in [0.25, 0.3) is 16.8 Å². The Balaban J connectivity index is 1.61. The Bertz CT molecular complexity index is 1020. The summed E-state index contributed by atoms with van der Waals surface area (Å²) in [4.78, 5) is 24.5. The second kappa shape index (κ2) is 8.86. The van der Waals surface area contributed by atoms with Gasteiger partial charge in [-0.15, -0.1) is 0 Å². The van der Waals surface area contributed by atoms with Crippen molar-refractivity contribution in [2.24, 2.45) is 0 Å². The van der Waals surface area contributed by atoms with Gasteiger partial charge in [-0.3, -0.25) is 4.79 Å². The number of fused-ring (bicyclic) bond motifs is 1. The van der Waals surface area contributed by atoms with E-state index in [-0.39, 0.29) is 5.91 Å². The lowest BCUT2D eigenvalue weighted by molar-refractivity contribution is -0.148. The molecule has 0 aliphatic heterocycles. The minimum Gasteiger partial charge on any atom is -0.497 e. The Hall–Kier alpha value is -3.60. The van der Waals surface area contributed by atoms with E-state index in [0.29, 0.717) is 11.4 Å². The summed E-state index contributed by atoms with van der Waals surface area (Å²) < 4.78 is 10.3. The molecule has 142 valence electrons. The summed E-state index contributed by atoms with van der Waals surface area (Å²) >= 11 is 0. The molecule has 1 atom stereocenters. The average Bonchev–Trinajstić information content (AvgIpc) is 2.72. The maximum atomic E-state index is 12.4. The number of methoxy groups -OCH3 is 1. The van der Waals surface area contributed by atoms with Crippen molar-refractivity contribution in [3.05, 3.63) is 78.4 Å². The molecule has 1 N–H and O–H groups in total. The summed E-state index contributed by atoms with van der Waals surface area (Å²) in [5, 5.41) is 4.77. The third kappa shape index (κ3) is 4.76. The monoisotopic (exact) mass is 375 g/mol. The highest BCUT2D eigenvalue weighted by Gasteiger charge is 2.17. The van der Waals surface area contributed by atoms with Gasteiger partial charge in [-0.2, -0.15) is 0 Å². The van der Waals surface area contributed by atoms with E-state index < -0.39 is 12.1 Å². The molecule has 0 aliphatic carbocycles. The molecule has 0 fully saturated rings. The second-order valence-electron chi connectivity index (χ2n) is 6.21. The van der Waals surface area contributed by atoms with Gasteiger partial charge >= 0.3 is 5.97 Å². The van der Waals surface area contributed by atoms with Gasteiger partial charge in [0.1, 0.15) is 5.75 Å². The van der Waals surface area contributed by atoms with Crippen LogP contribution in [0.15, 0.2) is 72.8 Å². The second-order valence-corrected chi connectivity index (χ2v) is 6.21. The van der Waals surface area contributed by atoms with Gasteiger partial charge < -0.3 is 14.8 Å². The van der Waals surface area contributed by atoms with Gasteiger partial charge in [0.15, 0.2) is 6.10 Å². The van der Waals surface area contributed by atoms with Crippen molar-refractivity contribution < 1.29 is 19.1 Å². The highest BCUT2D eigenvalue weighted by Crippen LogP contribution is 2.23. The first-order valence-electron chi connectivity index (χ1n) is 8.88. The normalized spacial score (nSPS) is 11.9. The van der Waals surface area contributed by atoms with Gasteiger partial charge in [0.25, 0.3) is 5.91 Å². The number of carbonyl (C=O) groups is 2. The number of anilines is 1. The number of hydrogen-bond acceptors (Lipinski definition) is 4. The largest absolute Gasteiger partial charge is 0.497 e. The first-order chi connectivity index (χ1) is 13.6. The predicted octanol–water partition coefficient (Wildman–Crippen LogP) is 4.43. The summed E-state index contributed by atoms with van der Waals surface area (Å²) in [5.74, 6) is -0.291. The molecule has 5 heteroatoms. The van der Waals surface area contributed by atoms with Crippen LogP contribution in [0, 0.1) is 0 Å².